The Morgan fingerprint density at radius 3 is 2.41 bits per heavy atom. The second-order valence-corrected chi connectivity index (χ2v) is 7.10. The summed E-state index contributed by atoms with van der Waals surface area (Å²) in [5.41, 5.74) is 0.971. The van der Waals surface area contributed by atoms with Crippen molar-refractivity contribution in [3.05, 3.63) is 54.1 Å². The Labute approximate surface area is 160 Å². The lowest BCUT2D eigenvalue weighted by Crippen LogP contribution is -2.34. The highest BCUT2D eigenvalue weighted by atomic mass is 16.2. The minimum absolute atomic E-state index is 0.0836. The van der Waals surface area contributed by atoms with Crippen LogP contribution >= 0.6 is 0 Å². The van der Waals surface area contributed by atoms with Crippen molar-refractivity contribution in [2.45, 2.75) is 44.6 Å². The van der Waals surface area contributed by atoms with Gasteiger partial charge in [-0.3, -0.25) is 9.59 Å². The minimum atomic E-state index is -0.327. The van der Waals surface area contributed by atoms with Crippen LogP contribution in [0.4, 0.5) is 0 Å². The monoisotopic (exact) mass is 368 g/mol. The smallest absolute Gasteiger partial charge is 0.223 e. The van der Waals surface area contributed by atoms with Gasteiger partial charge in [-0.25, -0.2) is 4.98 Å². The highest BCUT2D eigenvalue weighted by Gasteiger charge is 2.22. The fourth-order valence-electron chi connectivity index (χ4n) is 3.53. The van der Waals surface area contributed by atoms with E-state index in [1.54, 1.807) is 6.20 Å². The molecule has 0 spiro atoms. The Kier molecular flexibility index (Phi) is 6.63. The molecule has 1 N–H and O–H groups in total. The zero-order valence-electron chi connectivity index (χ0n) is 15.9. The number of imidazole rings is 1. The van der Waals surface area contributed by atoms with E-state index < -0.39 is 0 Å². The number of likely N-dealkylation sites (tertiary alicyclic amines) is 1. The van der Waals surface area contributed by atoms with Gasteiger partial charge in [0.2, 0.25) is 11.8 Å². The third kappa shape index (κ3) is 5.18. The third-order valence-electron chi connectivity index (χ3n) is 5.08. The van der Waals surface area contributed by atoms with Crippen LogP contribution in [0.1, 0.15) is 56.0 Å². The molecule has 0 saturated carbocycles. The van der Waals surface area contributed by atoms with Crippen LogP contribution in [0.2, 0.25) is 0 Å². The number of nitrogens with zero attached hydrogens (tertiary/aromatic N) is 3. The van der Waals surface area contributed by atoms with Crippen molar-refractivity contribution in [3.8, 4) is 0 Å². The van der Waals surface area contributed by atoms with E-state index >= 15 is 0 Å². The van der Waals surface area contributed by atoms with E-state index in [0.29, 0.717) is 0 Å². The van der Waals surface area contributed by atoms with Crippen molar-refractivity contribution in [2.24, 2.45) is 7.05 Å². The Morgan fingerprint density at radius 1 is 1.07 bits per heavy atom. The summed E-state index contributed by atoms with van der Waals surface area (Å²) in [6.07, 6.45) is 8.54. The molecule has 1 unspecified atom stereocenters. The van der Waals surface area contributed by atoms with E-state index in [0.717, 1.165) is 37.3 Å². The lowest BCUT2D eigenvalue weighted by Gasteiger charge is -2.21. The second-order valence-electron chi connectivity index (χ2n) is 7.10. The summed E-state index contributed by atoms with van der Waals surface area (Å²) in [7, 11) is 1.91. The molecule has 1 aliphatic rings. The van der Waals surface area contributed by atoms with Crippen LogP contribution in [0, 0.1) is 0 Å². The molecule has 1 atom stereocenters. The van der Waals surface area contributed by atoms with E-state index in [-0.39, 0.29) is 30.7 Å². The molecule has 1 aromatic carbocycles. The van der Waals surface area contributed by atoms with Crippen molar-refractivity contribution in [1.29, 1.82) is 0 Å². The summed E-state index contributed by atoms with van der Waals surface area (Å²) in [6.45, 7) is 1.64. The number of aryl methyl sites for hydroxylation is 1. The number of rotatable bonds is 6. The fourth-order valence-corrected chi connectivity index (χ4v) is 3.53. The number of carbonyl (C=O) groups is 2. The fraction of sp³-hybridized carbons (Fsp3) is 0.476. The van der Waals surface area contributed by atoms with Crippen LogP contribution < -0.4 is 5.32 Å². The minimum Gasteiger partial charge on any atom is -0.343 e. The number of benzene rings is 1. The predicted octanol–water partition coefficient (Wildman–Crippen LogP) is 2.81. The van der Waals surface area contributed by atoms with E-state index in [4.69, 9.17) is 0 Å². The van der Waals surface area contributed by atoms with E-state index in [1.807, 2.05) is 53.0 Å². The molecule has 2 heterocycles. The molecule has 6 heteroatoms. The second kappa shape index (κ2) is 9.35. The molecule has 0 aliphatic carbocycles. The molecule has 1 saturated heterocycles. The summed E-state index contributed by atoms with van der Waals surface area (Å²) in [5, 5.41) is 3.05. The van der Waals surface area contributed by atoms with Gasteiger partial charge in [-0.05, 0) is 18.4 Å². The van der Waals surface area contributed by atoms with E-state index in [9.17, 15) is 9.59 Å². The number of aromatic nitrogens is 2. The zero-order chi connectivity index (χ0) is 19.1. The summed E-state index contributed by atoms with van der Waals surface area (Å²) in [4.78, 5) is 31.3. The Balaban J connectivity index is 1.61. The Hall–Kier alpha value is -2.63. The van der Waals surface area contributed by atoms with Gasteiger partial charge in [0, 0.05) is 45.4 Å². The van der Waals surface area contributed by atoms with Crippen molar-refractivity contribution in [2.75, 3.05) is 13.1 Å². The quantitative estimate of drug-likeness (QED) is 0.853. The first-order valence-electron chi connectivity index (χ1n) is 9.74. The van der Waals surface area contributed by atoms with Crippen molar-refractivity contribution in [1.82, 2.24) is 19.8 Å². The van der Waals surface area contributed by atoms with Gasteiger partial charge in [0.15, 0.2) is 0 Å². The van der Waals surface area contributed by atoms with Gasteiger partial charge in [0.25, 0.3) is 0 Å². The van der Waals surface area contributed by atoms with E-state index in [2.05, 4.69) is 10.3 Å². The van der Waals surface area contributed by atoms with Crippen molar-refractivity contribution in [3.63, 3.8) is 0 Å². The molecular weight excluding hydrogens is 340 g/mol. The van der Waals surface area contributed by atoms with E-state index in [1.165, 1.54) is 12.8 Å². The van der Waals surface area contributed by atoms with Gasteiger partial charge in [-0.15, -0.1) is 0 Å². The summed E-state index contributed by atoms with van der Waals surface area (Å²) in [6, 6.07) is 9.46. The maximum absolute atomic E-state index is 12.6. The average Bonchev–Trinajstić information content (AvgIpc) is 2.94. The molecular formula is C21H28N4O2. The molecule has 0 bridgehead atoms. The van der Waals surface area contributed by atoms with Crippen LogP contribution in [-0.4, -0.2) is 39.4 Å². The van der Waals surface area contributed by atoms with Gasteiger partial charge >= 0.3 is 0 Å². The number of nitrogens with one attached hydrogen (secondary N) is 1. The molecule has 6 nitrogen and oxygen atoms in total. The number of carbonyl (C=O) groups excluding carboxylic acids is 2. The standard InChI is InChI=1S/C21H28N4O2/c1-24-16-13-22-21(24)20(17-9-5-4-6-10-17)23-18(26)11-12-19(27)25-14-7-2-3-8-15-25/h4-6,9-10,13,16,20H,2-3,7-8,11-12,14-15H2,1H3,(H,23,26). The molecule has 1 fully saturated rings. The largest absolute Gasteiger partial charge is 0.343 e. The van der Waals surface area contributed by atoms with Gasteiger partial charge < -0.3 is 14.8 Å². The van der Waals surface area contributed by atoms with Gasteiger partial charge in [-0.1, -0.05) is 43.2 Å². The molecule has 2 aromatic rings. The van der Waals surface area contributed by atoms with Crippen molar-refractivity contribution >= 4 is 11.8 Å². The van der Waals surface area contributed by atoms with Crippen molar-refractivity contribution < 1.29 is 9.59 Å². The molecule has 2 amide bonds. The van der Waals surface area contributed by atoms with Gasteiger partial charge in [0.1, 0.15) is 11.9 Å². The first-order valence-corrected chi connectivity index (χ1v) is 9.74. The Bertz CT molecular complexity index is 749. The number of amides is 2. The molecule has 1 aromatic heterocycles. The molecule has 0 radical (unpaired) electrons. The van der Waals surface area contributed by atoms with Gasteiger partial charge in [0.05, 0.1) is 0 Å². The highest BCUT2D eigenvalue weighted by Crippen LogP contribution is 2.20. The topological polar surface area (TPSA) is 67.2 Å². The molecule has 3 rings (SSSR count). The normalized spacial score (nSPS) is 15.8. The van der Waals surface area contributed by atoms with Crippen LogP contribution in [0.3, 0.4) is 0 Å². The lowest BCUT2D eigenvalue weighted by atomic mass is 10.1. The first-order chi connectivity index (χ1) is 13.1. The zero-order valence-corrected chi connectivity index (χ0v) is 15.9. The SMILES string of the molecule is Cn1ccnc1C(NC(=O)CCC(=O)N1CCCCCC1)c1ccccc1. The number of hydrogen-bond acceptors (Lipinski definition) is 3. The van der Waals surface area contributed by atoms with Crippen LogP contribution in [0.25, 0.3) is 0 Å². The summed E-state index contributed by atoms with van der Waals surface area (Å²) >= 11 is 0. The van der Waals surface area contributed by atoms with Gasteiger partial charge in [-0.2, -0.15) is 0 Å². The van der Waals surface area contributed by atoms with Crippen LogP contribution in [0.5, 0.6) is 0 Å². The lowest BCUT2D eigenvalue weighted by molar-refractivity contribution is -0.133. The highest BCUT2D eigenvalue weighted by molar-refractivity contribution is 5.84. The summed E-state index contributed by atoms with van der Waals surface area (Å²) in [5.74, 6) is 0.726. The maximum atomic E-state index is 12.6. The Morgan fingerprint density at radius 2 is 1.78 bits per heavy atom. The van der Waals surface area contributed by atoms with Crippen LogP contribution in [0.15, 0.2) is 42.7 Å². The third-order valence-corrected chi connectivity index (χ3v) is 5.08. The average molecular weight is 368 g/mol. The maximum Gasteiger partial charge on any atom is 0.223 e. The molecule has 144 valence electrons. The first kappa shape index (κ1) is 19.1. The predicted molar refractivity (Wildman–Crippen MR) is 104 cm³/mol. The molecule has 27 heavy (non-hydrogen) atoms. The van der Waals surface area contributed by atoms with Crippen LogP contribution in [-0.2, 0) is 16.6 Å². The molecule has 1 aliphatic heterocycles. The summed E-state index contributed by atoms with van der Waals surface area (Å²) < 4.78 is 1.90. The number of hydrogen-bond donors (Lipinski definition) is 1.